The van der Waals surface area contributed by atoms with Gasteiger partial charge in [0.05, 0.1) is 11.6 Å². The van der Waals surface area contributed by atoms with Crippen molar-refractivity contribution in [2.24, 2.45) is 0 Å². The molecule has 4 aromatic rings. The first-order chi connectivity index (χ1) is 15.4. The van der Waals surface area contributed by atoms with E-state index < -0.39 is 17.3 Å². The van der Waals surface area contributed by atoms with Gasteiger partial charge in [-0.2, -0.15) is 9.61 Å². The molecular formula is C21H18FN7O3. The van der Waals surface area contributed by atoms with Crippen molar-refractivity contribution < 1.29 is 14.0 Å². The Kier molecular flexibility index (Phi) is 4.65. The van der Waals surface area contributed by atoms with Crippen LogP contribution in [0.2, 0.25) is 0 Å². The van der Waals surface area contributed by atoms with E-state index in [9.17, 15) is 18.8 Å². The summed E-state index contributed by atoms with van der Waals surface area (Å²) in [7, 11) is 1.72. The van der Waals surface area contributed by atoms with Gasteiger partial charge in [-0.05, 0) is 37.1 Å². The average molecular weight is 435 g/mol. The van der Waals surface area contributed by atoms with Crippen LogP contribution >= 0.6 is 0 Å². The van der Waals surface area contributed by atoms with Gasteiger partial charge in [0, 0.05) is 25.4 Å². The number of aromatic nitrogens is 5. The van der Waals surface area contributed by atoms with Crippen molar-refractivity contribution in [2.45, 2.75) is 25.4 Å². The second-order valence-electron chi connectivity index (χ2n) is 7.62. The van der Waals surface area contributed by atoms with Gasteiger partial charge < -0.3 is 10.2 Å². The van der Waals surface area contributed by atoms with Crippen LogP contribution in [0.5, 0.6) is 0 Å². The lowest BCUT2D eigenvalue weighted by molar-refractivity contribution is -0.116. The van der Waals surface area contributed by atoms with E-state index in [-0.39, 0.29) is 46.7 Å². The maximum atomic E-state index is 13.1. The highest BCUT2D eigenvalue weighted by Gasteiger charge is 2.31. The Hall–Kier alpha value is -4.15. The standard InChI is InChI=1S/C21H18FN7O3/c1-27(13-5-6-13)21(32)15-9-18-28(11-17(30)25-16-7-4-12(22)10-24-16)20(31)14-3-2-8-23-19(14)29(18)26-15/h2-4,7-10,13H,5-6,11H2,1H3,(H,24,25,30). The average Bonchev–Trinajstić information content (AvgIpc) is 3.55. The van der Waals surface area contributed by atoms with Crippen LogP contribution in [0.4, 0.5) is 10.2 Å². The van der Waals surface area contributed by atoms with E-state index in [0.717, 1.165) is 19.0 Å². The maximum absolute atomic E-state index is 13.1. The number of anilines is 1. The Morgan fingerprint density at radius 1 is 1.25 bits per heavy atom. The Labute approximate surface area is 180 Å². The molecule has 1 saturated carbocycles. The van der Waals surface area contributed by atoms with Gasteiger partial charge in [0.25, 0.3) is 11.5 Å². The zero-order valence-electron chi connectivity index (χ0n) is 17.0. The minimum Gasteiger partial charge on any atom is -0.337 e. The summed E-state index contributed by atoms with van der Waals surface area (Å²) in [5.74, 6) is -1.19. The highest BCUT2D eigenvalue weighted by Crippen LogP contribution is 2.26. The summed E-state index contributed by atoms with van der Waals surface area (Å²) >= 11 is 0. The van der Waals surface area contributed by atoms with Crippen molar-refractivity contribution >= 4 is 34.3 Å². The fourth-order valence-electron chi connectivity index (χ4n) is 3.54. The highest BCUT2D eigenvalue weighted by molar-refractivity contribution is 5.94. The lowest BCUT2D eigenvalue weighted by atomic mass is 10.3. The number of nitrogens with zero attached hydrogens (tertiary/aromatic N) is 6. The van der Waals surface area contributed by atoms with Crippen LogP contribution in [0, 0.1) is 5.82 Å². The van der Waals surface area contributed by atoms with Crippen molar-refractivity contribution in [2.75, 3.05) is 12.4 Å². The molecule has 5 rings (SSSR count). The largest absolute Gasteiger partial charge is 0.337 e. The molecule has 1 aliphatic carbocycles. The Morgan fingerprint density at radius 2 is 2.06 bits per heavy atom. The molecule has 2 amide bonds. The second-order valence-corrected chi connectivity index (χ2v) is 7.62. The van der Waals surface area contributed by atoms with Crippen LogP contribution in [-0.2, 0) is 11.3 Å². The van der Waals surface area contributed by atoms with Gasteiger partial charge in [-0.3, -0.25) is 19.0 Å². The van der Waals surface area contributed by atoms with E-state index >= 15 is 0 Å². The van der Waals surface area contributed by atoms with Gasteiger partial charge in [0.2, 0.25) is 5.91 Å². The molecule has 0 aliphatic heterocycles. The molecule has 0 spiro atoms. The summed E-state index contributed by atoms with van der Waals surface area (Å²) in [5, 5.41) is 7.18. The number of rotatable bonds is 5. The number of fused-ring (bicyclic) bond motifs is 3. The summed E-state index contributed by atoms with van der Waals surface area (Å²) in [6.07, 6.45) is 4.40. The quantitative estimate of drug-likeness (QED) is 0.508. The molecule has 11 heteroatoms. The molecule has 162 valence electrons. The van der Waals surface area contributed by atoms with E-state index in [0.29, 0.717) is 0 Å². The van der Waals surface area contributed by atoms with Crippen molar-refractivity contribution in [3.8, 4) is 0 Å². The smallest absolute Gasteiger partial charge is 0.274 e. The molecule has 0 radical (unpaired) electrons. The second kappa shape index (κ2) is 7.52. The minimum absolute atomic E-state index is 0.151. The monoisotopic (exact) mass is 435 g/mol. The zero-order valence-corrected chi connectivity index (χ0v) is 17.0. The Bertz CT molecular complexity index is 1420. The first kappa shape index (κ1) is 19.8. The zero-order chi connectivity index (χ0) is 22.4. The molecular weight excluding hydrogens is 417 g/mol. The Balaban J connectivity index is 1.57. The molecule has 10 nitrogen and oxygen atoms in total. The summed E-state index contributed by atoms with van der Waals surface area (Å²) < 4.78 is 15.7. The van der Waals surface area contributed by atoms with Gasteiger partial charge in [0.1, 0.15) is 23.8 Å². The number of hydrogen-bond donors (Lipinski definition) is 1. The molecule has 0 aromatic carbocycles. The van der Waals surface area contributed by atoms with Gasteiger partial charge in [-0.1, -0.05) is 0 Å². The van der Waals surface area contributed by atoms with Gasteiger partial charge in [0.15, 0.2) is 11.3 Å². The minimum atomic E-state index is -0.541. The number of pyridine rings is 2. The van der Waals surface area contributed by atoms with E-state index in [4.69, 9.17) is 0 Å². The predicted octanol–water partition coefficient (Wildman–Crippen LogP) is 1.45. The third-order valence-corrected chi connectivity index (χ3v) is 5.36. The number of carbonyl (C=O) groups excluding carboxylic acids is 2. The molecule has 0 bridgehead atoms. The van der Waals surface area contributed by atoms with Gasteiger partial charge in [-0.25, -0.2) is 14.4 Å². The third-order valence-electron chi connectivity index (χ3n) is 5.36. The molecule has 1 N–H and O–H groups in total. The normalized spacial score (nSPS) is 13.4. The molecule has 32 heavy (non-hydrogen) atoms. The lowest BCUT2D eigenvalue weighted by Crippen LogP contribution is -2.29. The Morgan fingerprint density at radius 3 is 2.78 bits per heavy atom. The number of hydrogen-bond acceptors (Lipinski definition) is 6. The van der Waals surface area contributed by atoms with Crippen LogP contribution in [0.1, 0.15) is 23.3 Å². The molecule has 1 aliphatic rings. The molecule has 0 unspecified atom stereocenters. The van der Waals surface area contributed by atoms with Crippen LogP contribution < -0.4 is 10.9 Å². The summed E-state index contributed by atoms with van der Waals surface area (Å²) in [5.41, 5.74) is 0.261. The summed E-state index contributed by atoms with van der Waals surface area (Å²) in [4.78, 5) is 48.3. The molecule has 4 aromatic heterocycles. The van der Waals surface area contributed by atoms with Crippen molar-refractivity contribution in [1.29, 1.82) is 0 Å². The van der Waals surface area contributed by atoms with Crippen molar-refractivity contribution in [3.05, 3.63) is 64.6 Å². The van der Waals surface area contributed by atoms with Crippen molar-refractivity contribution in [3.63, 3.8) is 0 Å². The number of amides is 2. The highest BCUT2D eigenvalue weighted by atomic mass is 19.1. The lowest BCUT2D eigenvalue weighted by Gasteiger charge is -2.13. The maximum Gasteiger partial charge on any atom is 0.274 e. The van der Waals surface area contributed by atoms with E-state index in [1.165, 1.54) is 33.5 Å². The van der Waals surface area contributed by atoms with E-state index in [1.54, 1.807) is 24.1 Å². The molecule has 0 saturated heterocycles. The topological polar surface area (TPSA) is 114 Å². The number of carbonyl (C=O) groups is 2. The van der Waals surface area contributed by atoms with Crippen LogP contribution in [0.3, 0.4) is 0 Å². The van der Waals surface area contributed by atoms with Crippen molar-refractivity contribution in [1.82, 2.24) is 29.0 Å². The van der Waals surface area contributed by atoms with Crippen LogP contribution in [0.15, 0.2) is 47.5 Å². The SMILES string of the molecule is CN(C(=O)c1cc2n(CC(=O)Nc3ccc(F)cn3)c(=O)c3cccnc3n2n1)C1CC1. The number of halogens is 1. The molecule has 0 atom stereocenters. The summed E-state index contributed by atoms with van der Waals surface area (Å²) in [6, 6.07) is 7.36. The summed E-state index contributed by atoms with van der Waals surface area (Å²) in [6.45, 7) is -0.357. The first-order valence-corrected chi connectivity index (χ1v) is 9.98. The molecule has 1 fully saturated rings. The third kappa shape index (κ3) is 3.47. The predicted molar refractivity (Wildman–Crippen MR) is 113 cm³/mol. The van der Waals surface area contributed by atoms with E-state index in [1.807, 2.05) is 0 Å². The van der Waals surface area contributed by atoms with Gasteiger partial charge in [-0.15, -0.1) is 0 Å². The fourth-order valence-corrected chi connectivity index (χ4v) is 3.54. The van der Waals surface area contributed by atoms with Gasteiger partial charge >= 0.3 is 0 Å². The van der Waals surface area contributed by atoms with Crippen LogP contribution in [-0.4, -0.2) is 54.0 Å². The fraction of sp³-hybridized carbons (Fsp3) is 0.238. The van der Waals surface area contributed by atoms with Crippen LogP contribution in [0.25, 0.3) is 16.7 Å². The van der Waals surface area contributed by atoms with E-state index in [2.05, 4.69) is 20.4 Å². The first-order valence-electron chi connectivity index (χ1n) is 9.98. The molecule has 4 heterocycles. The number of nitrogens with one attached hydrogen (secondary N) is 1.